The molecular weight excluding hydrogens is 216 g/mol. The number of ether oxygens (including phenoxy) is 2. The molecule has 0 amide bonds. The molecule has 1 aromatic carbocycles. The van der Waals surface area contributed by atoms with Gasteiger partial charge in [0.15, 0.2) is 0 Å². The van der Waals surface area contributed by atoms with Gasteiger partial charge in [0.05, 0.1) is 20.3 Å². The van der Waals surface area contributed by atoms with Gasteiger partial charge in [-0.05, 0) is 18.1 Å². The second kappa shape index (κ2) is 7.63. The van der Waals surface area contributed by atoms with E-state index in [2.05, 4.69) is 4.74 Å². The summed E-state index contributed by atoms with van der Waals surface area (Å²) >= 11 is 0. The van der Waals surface area contributed by atoms with Crippen molar-refractivity contribution < 1.29 is 14.3 Å². The maximum atomic E-state index is 11.3. The lowest BCUT2D eigenvalue weighted by atomic mass is 10.2. The van der Waals surface area contributed by atoms with Gasteiger partial charge in [0, 0.05) is 5.57 Å². The first-order chi connectivity index (χ1) is 8.27. The van der Waals surface area contributed by atoms with E-state index < -0.39 is 0 Å². The smallest absolute Gasteiger partial charge is 0.333 e. The van der Waals surface area contributed by atoms with E-state index in [0.717, 1.165) is 5.56 Å². The van der Waals surface area contributed by atoms with Crippen LogP contribution < -0.4 is 0 Å². The fourth-order valence-corrected chi connectivity index (χ4v) is 1.41. The molecular formula is C14H18O3. The summed E-state index contributed by atoms with van der Waals surface area (Å²) in [6.45, 7) is 2.89. The molecule has 17 heavy (non-hydrogen) atoms. The SMILES string of the molecule is CCC(=CCOCc1ccccc1)C(=O)OC. The first kappa shape index (κ1) is 13.5. The van der Waals surface area contributed by atoms with Gasteiger partial charge in [0.1, 0.15) is 0 Å². The van der Waals surface area contributed by atoms with Gasteiger partial charge >= 0.3 is 5.97 Å². The van der Waals surface area contributed by atoms with Gasteiger partial charge in [0.2, 0.25) is 0 Å². The van der Waals surface area contributed by atoms with E-state index in [-0.39, 0.29) is 5.97 Å². The van der Waals surface area contributed by atoms with Crippen LogP contribution in [-0.2, 0) is 20.9 Å². The fraction of sp³-hybridized carbons (Fsp3) is 0.357. The van der Waals surface area contributed by atoms with Crippen molar-refractivity contribution in [3.63, 3.8) is 0 Å². The number of carbonyl (C=O) groups is 1. The van der Waals surface area contributed by atoms with E-state index in [1.54, 1.807) is 6.08 Å². The standard InChI is InChI=1S/C14H18O3/c1-3-13(14(15)16-2)9-10-17-11-12-7-5-4-6-8-12/h4-9H,3,10-11H2,1-2H3. The maximum absolute atomic E-state index is 11.3. The Bertz CT molecular complexity index is 368. The van der Waals surface area contributed by atoms with E-state index >= 15 is 0 Å². The lowest BCUT2D eigenvalue weighted by Gasteiger charge is -2.04. The Balaban J connectivity index is 2.36. The highest BCUT2D eigenvalue weighted by molar-refractivity contribution is 5.88. The monoisotopic (exact) mass is 234 g/mol. The Hall–Kier alpha value is -1.61. The summed E-state index contributed by atoms with van der Waals surface area (Å²) in [5.41, 5.74) is 1.78. The first-order valence-corrected chi connectivity index (χ1v) is 5.67. The predicted molar refractivity (Wildman–Crippen MR) is 66.5 cm³/mol. The molecule has 92 valence electrons. The molecule has 0 spiro atoms. The topological polar surface area (TPSA) is 35.5 Å². The normalized spacial score (nSPS) is 11.3. The largest absolute Gasteiger partial charge is 0.466 e. The molecule has 0 N–H and O–H groups in total. The van der Waals surface area contributed by atoms with Gasteiger partial charge in [-0.3, -0.25) is 0 Å². The number of rotatable bonds is 6. The summed E-state index contributed by atoms with van der Waals surface area (Å²) in [6.07, 6.45) is 2.43. The molecule has 0 atom stereocenters. The van der Waals surface area contributed by atoms with Crippen LogP contribution in [-0.4, -0.2) is 19.7 Å². The zero-order valence-electron chi connectivity index (χ0n) is 10.3. The summed E-state index contributed by atoms with van der Waals surface area (Å²) in [6, 6.07) is 9.92. The Morgan fingerprint density at radius 2 is 2.00 bits per heavy atom. The zero-order chi connectivity index (χ0) is 12.5. The molecule has 0 aliphatic heterocycles. The molecule has 0 heterocycles. The van der Waals surface area contributed by atoms with Crippen LogP contribution in [0.2, 0.25) is 0 Å². The van der Waals surface area contributed by atoms with Crippen LogP contribution in [0.15, 0.2) is 42.0 Å². The van der Waals surface area contributed by atoms with Gasteiger partial charge in [-0.25, -0.2) is 4.79 Å². The van der Waals surface area contributed by atoms with Gasteiger partial charge in [-0.2, -0.15) is 0 Å². The number of esters is 1. The van der Waals surface area contributed by atoms with E-state index in [0.29, 0.717) is 25.2 Å². The quantitative estimate of drug-likeness (QED) is 0.431. The van der Waals surface area contributed by atoms with E-state index in [1.165, 1.54) is 7.11 Å². The molecule has 0 fully saturated rings. The van der Waals surface area contributed by atoms with Crippen molar-refractivity contribution in [3.8, 4) is 0 Å². The fourth-order valence-electron chi connectivity index (χ4n) is 1.41. The van der Waals surface area contributed by atoms with Crippen LogP contribution in [0.3, 0.4) is 0 Å². The Morgan fingerprint density at radius 3 is 2.59 bits per heavy atom. The van der Waals surface area contributed by atoms with Crippen LogP contribution in [0, 0.1) is 0 Å². The van der Waals surface area contributed by atoms with E-state index in [4.69, 9.17) is 4.74 Å². The van der Waals surface area contributed by atoms with Crippen molar-refractivity contribution in [2.24, 2.45) is 0 Å². The average Bonchev–Trinajstić information content (AvgIpc) is 2.39. The molecule has 0 saturated carbocycles. The Kier molecular flexibility index (Phi) is 6.04. The third-order valence-electron chi connectivity index (χ3n) is 2.39. The number of hydrogen-bond acceptors (Lipinski definition) is 3. The molecule has 0 aromatic heterocycles. The van der Waals surface area contributed by atoms with Crippen molar-refractivity contribution in [2.45, 2.75) is 20.0 Å². The van der Waals surface area contributed by atoms with Crippen molar-refractivity contribution in [1.82, 2.24) is 0 Å². The molecule has 0 bridgehead atoms. The third kappa shape index (κ3) is 4.83. The van der Waals surface area contributed by atoms with Crippen LogP contribution in [0.4, 0.5) is 0 Å². The highest BCUT2D eigenvalue weighted by Crippen LogP contribution is 2.04. The lowest BCUT2D eigenvalue weighted by molar-refractivity contribution is -0.136. The summed E-state index contributed by atoms with van der Waals surface area (Å²) in [7, 11) is 1.39. The number of hydrogen-bond donors (Lipinski definition) is 0. The summed E-state index contributed by atoms with van der Waals surface area (Å²) in [5.74, 6) is -0.282. The van der Waals surface area contributed by atoms with Gasteiger partial charge in [-0.1, -0.05) is 37.3 Å². The second-order valence-corrected chi connectivity index (χ2v) is 3.58. The van der Waals surface area contributed by atoms with Crippen molar-refractivity contribution >= 4 is 5.97 Å². The van der Waals surface area contributed by atoms with Crippen molar-refractivity contribution in [3.05, 3.63) is 47.5 Å². The van der Waals surface area contributed by atoms with Crippen molar-refractivity contribution in [1.29, 1.82) is 0 Å². The van der Waals surface area contributed by atoms with Crippen LogP contribution >= 0.6 is 0 Å². The van der Waals surface area contributed by atoms with Crippen LogP contribution in [0.5, 0.6) is 0 Å². The zero-order valence-corrected chi connectivity index (χ0v) is 10.3. The molecule has 0 saturated heterocycles. The summed E-state index contributed by atoms with van der Waals surface area (Å²) < 4.78 is 10.1. The van der Waals surface area contributed by atoms with Gasteiger partial charge in [0.25, 0.3) is 0 Å². The average molecular weight is 234 g/mol. The highest BCUT2D eigenvalue weighted by Gasteiger charge is 2.05. The van der Waals surface area contributed by atoms with E-state index in [1.807, 2.05) is 37.3 Å². The second-order valence-electron chi connectivity index (χ2n) is 3.58. The highest BCUT2D eigenvalue weighted by atomic mass is 16.5. The minimum Gasteiger partial charge on any atom is -0.466 e. The summed E-state index contributed by atoms with van der Waals surface area (Å²) in [4.78, 5) is 11.3. The molecule has 0 radical (unpaired) electrons. The summed E-state index contributed by atoms with van der Waals surface area (Å²) in [5, 5.41) is 0. The lowest BCUT2D eigenvalue weighted by Crippen LogP contribution is -2.05. The predicted octanol–water partition coefficient (Wildman–Crippen LogP) is 2.71. The Labute approximate surface area is 102 Å². The molecule has 1 aromatic rings. The van der Waals surface area contributed by atoms with Crippen LogP contribution in [0.25, 0.3) is 0 Å². The third-order valence-corrected chi connectivity index (χ3v) is 2.39. The number of carbonyl (C=O) groups excluding carboxylic acids is 1. The molecule has 0 aliphatic rings. The Morgan fingerprint density at radius 1 is 1.29 bits per heavy atom. The molecule has 3 nitrogen and oxygen atoms in total. The van der Waals surface area contributed by atoms with Gasteiger partial charge < -0.3 is 9.47 Å². The first-order valence-electron chi connectivity index (χ1n) is 5.67. The number of benzene rings is 1. The molecule has 0 unspecified atom stereocenters. The number of methoxy groups -OCH3 is 1. The molecule has 0 aliphatic carbocycles. The maximum Gasteiger partial charge on any atom is 0.333 e. The van der Waals surface area contributed by atoms with E-state index in [9.17, 15) is 4.79 Å². The van der Waals surface area contributed by atoms with Crippen molar-refractivity contribution in [2.75, 3.05) is 13.7 Å². The van der Waals surface area contributed by atoms with Gasteiger partial charge in [-0.15, -0.1) is 0 Å². The van der Waals surface area contributed by atoms with Crippen LogP contribution in [0.1, 0.15) is 18.9 Å². The minimum atomic E-state index is -0.282. The molecule has 1 rings (SSSR count). The molecule has 3 heteroatoms. The minimum absolute atomic E-state index is 0.282.